The molecule has 1 fully saturated rings. The van der Waals surface area contributed by atoms with Gasteiger partial charge in [-0.1, -0.05) is 18.2 Å². The van der Waals surface area contributed by atoms with Crippen LogP contribution in [0.15, 0.2) is 29.2 Å². The Morgan fingerprint density at radius 1 is 1.26 bits per heavy atom. The number of hydrogen-bond acceptors (Lipinski definition) is 4. The number of rotatable bonds is 5. The molecule has 19 heavy (non-hydrogen) atoms. The molecule has 0 saturated carbocycles. The van der Waals surface area contributed by atoms with Crippen molar-refractivity contribution in [1.82, 2.24) is 10.0 Å². The van der Waals surface area contributed by atoms with Gasteiger partial charge >= 0.3 is 0 Å². The number of benzene rings is 1. The van der Waals surface area contributed by atoms with E-state index < -0.39 is 10.0 Å². The van der Waals surface area contributed by atoms with E-state index in [0.29, 0.717) is 11.4 Å². The van der Waals surface area contributed by atoms with Crippen molar-refractivity contribution in [2.45, 2.75) is 30.3 Å². The van der Waals surface area contributed by atoms with Crippen molar-refractivity contribution in [2.24, 2.45) is 0 Å². The van der Waals surface area contributed by atoms with E-state index in [0.717, 1.165) is 29.9 Å². The van der Waals surface area contributed by atoms with Gasteiger partial charge in [0.15, 0.2) is 0 Å². The summed E-state index contributed by atoms with van der Waals surface area (Å²) in [6, 6.07) is 7.23. The van der Waals surface area contributed by atoms with Crippen LogP contribution in [-0.2, 0) is 16.6 Å². The third-order valence-corrected chi connectivity index (χ3v) is 5.84. The Morgan fingerprint density at radius 3 is 2.63 bits per heavy atom. The van der Waals surface area contributed by atoms with Crippen molar-refractivity contribution >= 4 is 21.8 Å². The summed E-state index contributed by atoms with van der Waals surface area (Å²) in [4.78, 5) is 0.391. The van der Waals surface area contributed by atoms with Crippen LogP contribution in [0.25, 0.3) is 0 Å². The average Bonchev–Trinajstić information content (AvgIpc) is 2.40. The Balaban J connectivity index is 2.18. The number of sulfonamides is 1. The first kappa shape index (κ1) is 14.8. The van der Waals surface area contributed by atoms with Gasteiger partial charge in [0.1, 0.15) is 0 Å². The van der Waals surface area contributed by atoms with E-state index in [2.05, 4.69) is 10.0 Å². The van der Waals surface area contributed by atoms with E-state index >= 15 is 0 Å². The second-order valence-corrected chi connectivity index (χ2v) is 7.55. The van der Waals surface area contributed by atoms with Crippen LogP contribution in [0.1, 0.15) is 18.4 Å². The van der Waals surface area contributed by atoms with Crippen LogP contribution in [0, 0.1) is 0 Å². The molecule has 0 spiro atoms. The summed E-state index contributed by atoms with van der Waals surface area (Å²) in [7, 11) is -1.60. The maximum absolute atomic E-state index is 12.5. The fourth-order valence-corrected chi connectivity index (χ4v) is 4.85. The highest BCUT2D eigenvalue weighted by Gasteiger charge is 2.23. The molecule has 1 aliphatic heterocycles. The Labute approximate surface area is 119 Å². The van der Waals surface area contributed by atoms with Gasteiger partial charge < -0.3 is 5.32 Å². The van der Waals surface area contributed by atoms with Gasteiger partial charge in [-0.05, 0) is 43.0 Å². The van der Waals surface area contributed by atoms with Crippen molar-refractivity contribution in [3.05, 3.63) is 29.8 Å². The van der Waals surface area contributed by atoms with Crippen LogP contribution in [0.5, 0.6) is 0 Å². The highest BCUT2D eigenvalue weighted by molar-refractivity contribution is 7.99. The molecular formula is C13H20N2O2S2. The zero-order valence-electron chi connectivity index (χ0n) is 11.1. The van der Waals surface area contributed by atoms with Crippen molar-refractivity contribution in [2.75, 3.05) is 18.6 Å². The largest absolute Gasteiger partial charge is 0.316 e. The molecule has 1 aromatic rings. The fraction of sp³-hybridized carbons (Fsp3) is 0.538. The van der Waals surface area contributed by atoms with Crippen LogP contribution in [-0.4, -0.2) is 33.0 Å². The van der Waals surface area contributed by atoms with E-state index in [1.807, 2.05) is 30.9 Å². The summed E-state index contributed by atoms with van der Waals surface area (Å²) in [6.45, 7) is 0.553. The molecule has 0 aliphatic carbocycles. The van der Waals surface area contributed by atoms with E-state index in [4.69, 9.17) is 0 Å². The van der Waals surface area contributed by atoms with Crippen LogP contribution in [0.2, 0.25) is 0 Å². The minimum Gasteiger partial charge on any atom is -0.316 e. The molecule has 0 atom stereocenters. The van der Waals surface area contributed by atoms with Gasteiger partial charge in [0.25, 0.3) is 0 Å². The maximum Gasteiger partial charge on any atom is 0.241 e. The van der Waals surface area contributed by atoms with Gasteiger partial charge in [-0.3, -0.25) is 0 Å². The van der Waals surface area contributed by atoms with Gasteiger partial charge in [-0.15, -0.1) is 0 Å². The first-order valence-electron chi connectivity index (χ1n) is 6.46. The zero-order valence-corrected chi connectivity index (χ0v) is 12.7. The summed E-state index contributed by atoms with van der Waals surface area (Å²) in [6.07, 6.45) is 1.83. The highest BCUT2D eigenvalue weighted by Crippen LogP contribution is 2.21. The molecule has 2 rings (SSSR count). The summed E-state index contributed by atoms with van der Waals surface area (Å²) in [5, 5.41) is 3.00. The first-order chi connectivity index (χ1) is 9.13. The van der Waals surface area contributed by atoms with E-state index in [-0.39, 0.29) is 6.04 Å². The molecule has 2 N–H and O–H groups in total. The lowest BCUT2D eigenvalue weighted by atomic mass is 10.2. The molecule has 0 radical (unpaired) electrons. The number of hydrogen-bond donors (Lipinski definition) is 2. The molecular weight excluding hydrogens is 280 g/mol. The summed E-state index contributed by atoms with van der Waals surface area (Å²) < 4.78 is 27.7. The van der Waals surface area contributed by atoms with Crippen molar-refractivity contribution < 1.29 is 8.42 Å². The first-order valence-corrected chi connectivity index (χ1v) is 9.10. The van der Waals surface area contributed by atoms with Gasteiger partial charge in [0.2, 0.25) is 10.0 Å². The topological polar surface area (TPSA) is 58.2 Å². The second-order valence-electron chi connectivity index (χ2n) is 4.65. The molecule has 0 aromatic heterocycles. The van der Waals surface area contributed by atoms with Gasteiger partial charge in [-0.2, -0.15) is 11.8 Å². The maximum atomic E-state index is 12.5. The standard InChI is InChI=1S/C13H20N2O2S2/c1-14-10-11-4-2-3-5-13(11)19(16,17)15-12-6-8-18-9-7-12/h2-5,12,14-15H,6-10H2,1H3. The lowest BCUT2D eigenvalue weighted by Gasteiger charge is -2.23. The van der Waals surface area contributed by atoms with Crippen molar-refractivity contribution in [3.63, 3.8) is 0 Å². The van der Waals surface area contributed by atoms with Gasteiger partial charge in [0, 0.05) is 12.6 Å². The van der Waals surface area contributed by atoms with Crippen LogP contribution >= 0.6 is 11.8 Å². The molecule has 1 aliphatic rings. The Hall–Kier alpha value is -0.560. The summed E-state index contributed by atoms with van der Waals surface area (Å²) in [5.41, 5.74) is 0.808. The molecule has 4 nitrogen and oxygen atoms in total. The SMILES string of the molecule is CNCc1ccccc1S(=O)(=O)NC1CCSCC1. The lowest BCUT2D eigenvalue weighted by Crippen LogP contribution is -2.37. The molecule has 1 heterocycles. The second kappa shape index (κ2) is 6.74. The number of thioether (sulfide) groups is 1. The average molecular weight is 300 g/mol. The summed E-state index contributed by atoms with van der Waals surface area (Å²) >= 11 is 1.89. The third-order valence-electron chi connectivity index (χ3n) is 3.17. The molecule has 0 bridgehead atoms. The lowest BCUT2D eigenvalue weighted by molar-refractivity contribution is 0.528. The highest BCUT2D eigenvalue weighted by atomic mass is 32.2. The predicted octanol–water partition coefficient (Wildman–Crippen LogP) is 1.58. The van der Waals surface area contributed by atoms with Crippen molar-refractivity contribution in [3.8, 4) is 0 Å². The van der Waals surface area contributed by atoms with Crippen LogP contribution < -0.4 is 10.0 Å². The molecule has 0 unspecified atom stereocenters. The molecule has 0 amide bonds. The van der Waals surface area contributed by atoms with E-state index in [9.17, 15) is 8.42 Å². The minimum absolute atomic E-state index is 0.0777. The Kier molecular flexibility index (Phi) is 5.27. The smallest absolute Gasteiger partial charge is 0.241 e. The molecule has 6 heteroatoms. The molecule has 1 aromatic carbocycles. The van der Waals surface area contributed by atoms with Crippen LogP contribution in [0.3, 0.4) is 0 Å². The van der Waals surface area contributed by atoms with Gasteiger partial charge in [0.05, 0.1) is 4.90 Å². The molecule has 106 valence electrons. The van der Waals surface area contributed by atoms with Gasteiger partial charge in [-0.25, -0.2) is 13.1 Å². The number of nitrogens with one attached hydrogen (secondary N) is 2. The summed E-state index contributed by atoms with van der Waals surface area (Å²) in [5.74, 6) is 2.07. The zero-order chi connectivity index (χ0) is 13.7. The van der Waals surface area contributed by atoms with Crippen LogP contribution in [0.4, 0.5) is 0 Å². The Bertz CT molecular complexity index is 511. The van der Waals surface area contributed by atoms with E-state index in [1.165, 1.54) is 0 Å². The third kappa shape index (κ3) is 3.95. The van der Waals surface area contributed by atoms with E-state index in [1.54, 1.807) is 12.1 Å². The monoisotopic (exact) mass is 300 g/mol. The Morgan fingerprint density at radius 2 is 1.95 bits per heavy atom. The minimum atomic E-state index is -3.41. The molecule has 1 saturated heterocycles. The normalized spacial score (nSPS) is 17.5. The quantitative estimate of drug-likeness (QED) is 0.867. The van der Waals surface area contributed by atoms with Crippen molar-refractivity contribution in [1.29, 1.82) is 0 Å². The predicted molar refractivity (Wildman–Crippen MR) is 79.9 cm³/mol. The fourth-order valence-electron chi connectivity index (χ4n) is 2.20.